The van der Waals surface area contributed by atoms with Gasteiger partial charge in [-0.05, 0) is 39.3 Å². The van der Waals surface area contributed by atoms with Gasteiger partial charge in [0.05, 0.1) is 19.3 Å². The number of para-hydroxylation sites is 1. The van der Waals surface area contributed by atoms with E-state index < -0.39 is 0 Å². The quantitative estimate of drug-likeness (QED) is 0.660. The minimum Gasteiger partial charge on any atom is -0.496 e. The smallest absolute Gasteiger partial charge is 0.123 e. The Hall–Kier alpha value is -2.59. The van der Waals surface area contributed by atoms with E-state index >= 15 is 0 Å². The molecular formula is C23H29N3O. The molecule has 0 amide bonds. The third-order valence-corrected chi connectivity index (χ3v) is 5.17. The molecule has 4 heteroatoms. The predicted molar refractivity (Wildman–Crippen MR) is 110 cm³/mol. The zero-order valence-electron chi connectivity index (χ0n) is 16.9. The Morgan fingerprint density at radius 3 is 2.44 bits per heavy atom. The molecule has 0 saturated heterocycles. The molecule has 0 aliphatic carbocycles. The summed E-state index contributed by atoms with van der Waals surface area (Å²) in [6.45, 7) is 10.1. The maximum atomic E-state index is 5.49. The van der Waals surface area contributed by atoms with Crippen LogP contribution in [0.1, 0.15) is 46.6 Å². The molecule has 1 N–H and O–H groups in total. The lowest BCUT2D eigenvalue weighted by Crippen LogP contribution is -2.19. The molecule has 0 aliphatic rings. The minimum absolute atomic E-state index is 0.195. The lowest BCUT2D eigenvalue weighted by molar-refractivity contribution is 0.401. The molecule has 1 aromatic heterocycles. The topological polar surface area (TPSA) is 39.1 Å². The number of hydrogen-bond acceptors (Lipinski definition) is 3. The molecule has 0 radical (unpaired) electrons. The van der Waals surface area contributed by atoms with Gasteiger partial charge in [-0.2, -0.15) is 5.10 Å². The third-order valence-electron chi connectivity index (χ3n) is 5.17. The lowest BCUT2D eigenvalue weighted by atomic mass is 10.1. The summed E-state index contributed by atoms with van der Waals surface area (Å²) < 4.78 is 7.59. The van der Waals surface area contributed by atoms with Crippen molar-refractivity contribution in [3.05, 3.63) is 82.2 Å². The van der Waals surface area contributed by atoms with Crippen molar-refractivity contribution in [3.8, 4) is 5.75 Å². The number of nitrogens with zero attached hydrogens (tertiary/aromatic N) is 2. The fraction of sp³-hybridized carbons (Fsp3) is 0.348. The Labute approximate surface area is 162 Å². The van der Waals surface area contributed by atoms with Gasteiger partial charge in [-0.25, -0.2) is 0 Å². The number of benzene rings is 2. The van der Waals surface area contributed by atoms with E-state index in [0.29, 0.717) is 0 Å². The molecule has 0 unspecified atom stereocenters. The van der Waals surface area contributed by atoms with E-state index in [0.717, 1.165) is 24.5 Å². The van der Waals surface area contributed by atoms with E-state index in [1.165, 1.54) is 27.9 Å². The summed E-state index contributed by atoms with van der Waals surface area (Å²) in [6.07, 6.45) is 0. The first-order valence-electron chi connectivity index (χ1n) is 9.44. The van der Waals surface area contributed by atoms with Gasteiger partial charge >= 0.3 is 0 Å². The molecule has 142 valence electrons. The Balaban J connectivity index is 1.72. The van der Waals surface area contributed by atoms with Gasteiger partial charge in [0, 0.05) is 29.4 Å². The SMILES string of the molecule is COc1ccccc1[C@@H](C)NCc1c(C)nn(Cc2ccc(C)cc2)c1C. The Morgan fingerprint density at radius 2 is 1.74 bits per heavy atom. The normalized spacial score (nSPS) is 12.2. The van der Waals surface area contributed by atoms with Crippen molar-refractivity contribution in [2.24, 2.45) is 0 Å². The number of rotatable bonds is 7. The average molecular weight is 364 g/mol. The second-order valence-electron chi connectivity index (χ2n) is 7.14. The van der Waals surface area contributed by atoms with Gasteiger partial charge < -0.3 is 10.1 Å². The summed E-state index contributed by atoms with van der Waals surface area (Å²) in [7, 11) is 1.72. The highest BCUT2D eigenvalue weighted by molar-refractivity contribution is 5.36. The number of nitrogens with one attached hydrogen (secondary N) is 1. The molecule has 0 saturated carbocycles. The molecule has 1 heterocycles. The van der Waals surface area contributed by atoms with E-state index in [1.807, 2.05) is 18.2 Å². The van der Waals surface area contributed by atoms with E-state index in [4.69, 9.17) is 9.84 Å². The molecule has 0 spiro atoms. The highest BCUT2D eigenvalue weighted by Crippen LogP contribution is 2.25. The number of aryl methyl sites for hydroxylation is 2. The summed E-state index contributed by atoms with van der Waals surface area (Å²) in [5, 5.41) is 8.39. The fourth-order valence-electron chi connectivity index (χ4n) is 3.40. The molecule has 0 aliphatic heterocycles. The molecular weight excluding hydrogens is 334 g/mol. The van der Waals surface area contributed by atoms with E-state index in [-0.39, 0.29) is 6.04 Å². The van der Waals surface area contributed by atoms with Gasteiger partial charge in [0.2, 0.25) is 0 Å². The molecule has 2 aromatic carbocycles. The highest BCUT2D eigenvalue weighted by atomic mass is 16.5. The molecule has 27 heavy (non-hydrogen) atoms. The third kappa shape index (κ3) is 4.40. The van der Waals surface area contributed by atoms with Crippen LogP contribution < -0.4 is 10.1 Å². The summed E-state index contributed by atoms with van der Waals surface area (Å²) in [5.74, 6) is 0.918. The van der Waals surface area contributed by atoms with Crippen LogP contribution in [0, 0.1) is 20.8 Å². The summed E-state index contributed by atoms with van der Waals surface area (Å²) in [4.78, 5) is 0. The first-order valence-corrected chi connectivity index (χ1v) is 9.44. The first kappa shape index (κ1) is 19.2. The molecule has 3 rings (SSSR count). The van der Waals surface area contributed by atoms with Crippen molar-refractivity contribution in [1.29, 1.82) is 0 Å². The van der Waals surface area contributed by atoms with Crippen LogP contribution in [0.3, 0.4) is 0 Å². The van der Waals surface area contributed by atoms with Gasteiger partial charge in [-0.15, -0.1) is 0 Å². The van der Waals surface area contributed by atoms with Gasteiger partial charge in [-0.1, -0.05) is 48.0 Å². The highest BCUT2D eigenvalue weighted by Gasteiger charge is 2.15. The van der Waals surface area contributed by atoms with Crippen LogP contribution in [-0.4, -0.2) is 16.9 Å². The zero-order chi connectivity index (χ0) is 19.4. The van der Waals surface area contributed by atoms with Gasteiger partial charge in [0.15, 0.2) is 0 Å². The van der Waals surface area contributed by atoms with Gasteiger partial charge in [0.1, 0.15) is 5.75 Å². The number of hydrogen-bond donors (Lipinski definition) is 1. The second-order valence-corrected chi connectivity index (χ2v) is 7.14. The second kappa shape index (κ2) is 8.40. The van der Waals surface area contributed by atoms with Crippen LogP contribution in [-0.2, 0) is 13.1 Å². The van der Waals surface area contributed by atoms with Crippen LogP contribution in [0.5, 0.6) is 5.75 Å². The van der Waals surface area contributed by atoms with Gasteiger partial charge in [-0.3, -0.25) is 4.68 Å². The average Bonchev–Trinajstić information content (AvgIpc) is 2.94. The molecule has 0 bridgehead atoms. The standard InChI is InChI=1S/C23H29N3O/c1-16-10-12-20(13-11-16)15-26-19(4)22(18(3)25-26)14-24-17(2)21-8-6-7-9-23(21)27-5/h6-13,17,24H,14-15H2,1-5H3/t17-/m1/s1. The fourth-order valence-corrected chi connectivity index (χ4v) is 3.40. The summed E-state index contributed by atoms with van der Waals surface area (Å²) in [5.41, 5.74) is 7.29. The molecule has 3 aromatic rings. The predicted octanol–water partition coefficient (Wildman–Crippen LogP) is 4.72. The maximum Gasteiger partial charge on any atom is 0.123 e. The van der Waals surface area contributed by atoms with Crippen molar-refractivity contribution in [3.63, 3.8) is 0 Å². The Morgan fingerprint density at radius 1 is 1.04 bits per heavy atom. The van der Waals surface area contributed by atoms with E-state index in [9.17, 15) is 0 Å². The lowest BCUT2D eigenvalue weighted by Gasteiger charge is -2.17. The molecule has 1 atom stereocenters. The van der Waals surface area contributed by atoms with Crippen molar-refractivity contribution in [1.82, 2.24) is 15.1 Å². The minimum atomic E-state index is 0.195. The molecule has 4 nitrogen and oxygen atoms in total. The number of aromatic nitrogens is 2. The van der Waals surface area contributed by atoms with Crippen LogP contribution in [0.4, 0.5) is 0 Å². The number of methoxy groups -OCH3 is 1. The summed E-state index contributed by atoms with van der Waals surface area (Å²) in [6, 6.07) is 17.0. The van der Waals surface area contributed by atoms with Crippen LogP contribution in [0.2, 0.25) is 0 Å². The van der Waals surface area contributed by atoms with Crippen molar-refractivity contribution in [2.45, 2.75) is 46.8 Å². The van der Waals surface area contributed by atoms with Crippen molar-refractivity contribution < 1.29 is 4.74 Å². The van der Waals surface area contributed by atoms with Crippen LogP contribution in [0.25, 0.3) is 0 Å². The monoisotopic (exact) mass is 363 g/mol. The van der Waals surface area contributed by atoms with Gasteiger partial charge in [0.25, 0.3) is 0 Å². The van der Waals surface area contributed by atoms with E-state index in [1.54, 1.807) is 7.11 Å². The van der Waals surface area contributed by atoms with Crippen LogP contribution >= 0.6 is 0 Å². The summed E-state index contributed by atoms with van der Waals surface area (Å²) >= 11 is 0. The van der Waals surface area contributed by atoms with E-state index in [2.05, 4.69) is 68.0 Å². The zero-order valence-corrected chi connectivity index (χ0v) is 16.9. The number of ether oxygens (including phenoxy) is 1. The Bertz CT molecular complexity index is 896. The van der Waals surface area contributed by atoms with Crippen LogP contribution in [0.15, 0.2) is 48.5 Å². The van der Waals surface area contributed by atoms with Crippen molar-refractivity contribution in [2.75, 3.05) is 7.11 Å². The maximum absolute atomic E-state index is 5.49. The largest absolute Gasteiger partial charge is 0.496 e. The Kier molecular flexibility index (Phi) is 5.97. The molecule has 0 fully saturated rings. The first-order chi connectivity index (χ1) is 13.0. The van der Waals surface area contributed by atoms with Crippen molar-refractivity contribution >= 4 is 0 Å².